The fourth-order valence-corrected chi connectivity index (χ4v) is 2.67. The van der Waals surface area contributed by atoms with Crippen molar-refractivity contribution in [2.45, 2.75) is 12.5 Å². The zero-order valence-corrected chi connectivity index (χ0v) is 12.0. The molecule has 100 valence electrons. The first kappa shape index (κ1) is 13.7. The Balaban J connectivity index is 2.24. The zero-order valence-electron chi connectivity index (χ0n) is 10.5. The third-order valence-electron chi connectivity index (χ3n) is 3.24. The van der Waals surface area contributed by atoms with Crippen LogP contribution >= 0.6 is 23.2 Å². The highest BCUT2D eigenvalue weighted by Gasteiger charge is 2.26. The second kappa shape index (κ2) is 5.48. The number of nitrogen functional groups attached to an aromatic ring is 1. The summed E-state index contributed by atoms with van der Waals surface area (Å²) in [6.45, 7) is 1.84. The fraction of sp³-hybridized carbons (Fsp3) is 0.545. The maximum atomic E-state index is 6.19. The smallest absolute Gasteiger partial charge is 0.161 e. The van der Waals surface area contributed by atoms with E-state index in [-0.39, 0.29) is 0 Å². The normalized spacial score (nSPS) is 19.7. The topological polar surface area (TPSA) is 57.4 Å². The highest BCUT2D eigenvalue weighted by molar-refractivity contribution is 6.37. The fourth-order valence-electron chi connectivity index (χ4n) is 2.14. The molecule has 0 radical (unpaired) electrons. The van der Waals surface area contributed by atoms with Gasteiger partial charge in [-0.1, -0.05) is 23.2 Å². The van der Waals surface area contributed by atoms with E-state index in [0.29, 0.717) is 21.9 Å². The number of nitrogens with two attached hydrogens (primary N) is 1. The molecule has 2 heterocycles. The summed E-state index contributed by atoms with van der Waals surface area (Å²) in [4.78, 5) is 8.74. The Morgan fingerprint density at radius 1 is 1.44 bits per heavy atom. The molecule has 0 amide bonds. The molecule has 1 atom stereocenters. The van der Waals surface area contributed by atoms with Crippen molar-refractivity contribution in [2.24, 2.45) is 5.84 Å². The van der Waals surface area contributed by atoms with Crippen molar-refractivity contribution < 1.29 is 0 Å². The molecule has 1 aromatic heterocycles. The Bertz CT molecular complexity index is 438. The predicted molar refractivity (Wildman–Crippen MR) is 76.4 cm³/mol. The van der Waals surface area contributed by atoms with E-state index in [4.69, 9.17) is 29.0 Å². The van der Waals surface area contributed by atoms with E-state index in [0.717, 1.165) is 25.3 Å². The lowest BCUT2D eigenvalue weighted by atomic mass is 10.2. The molecule has 0 spiro atoms. The van der Waals surface area contributed by atoms with Gasteiger partial charge in [0.1, 0.15) is 5.82 Å². The number of hydrazine groups is 1. The molecular weight excluding hydrogens is 273 g/mol. The minimum absolute atomic E-state index is 0.426. The van der Waals surface area contributed by atoms with Crippen molar-refractivity contribution in [3.63, 3.8) is 0 Å². The lowest BCUT2D eigenvalue weighted by molar-refractivity contribution is 0.315. The maximum absolute atomic E-state index is 6.19. The quantitative estimate of drug-likeness (QED) is 0.657. The van der Waals surface area contributed by atoms with Crippen molar-refractivity contribution in [3.8, 4) is 0 Å². The van der Waals surface area contributed by atoms with Gasteiger partial charge in [0.05, 0.1) is 10.0 Å². The minimum Gasteiger partial charge on any atom is -0.354 e. The number of rotatable bonds is 3. The van der Waals surface area contributed by atoms with E-state index in [9.17, 15) is 0 Å². The van der Waals surface area contributed by atoms with Crippen LogP contribution in [0.5, 0.6) is 0 Å². The third-order valence-corrected chi connectivity index (χ3v) is 3.81. The summed E-state index contributed by atoms with van der Waals surface area (Å²) in [6.07, 6.45) is 1.10. The molecule has 7 heteroatoms. The predicted octanol–water partition coefficient (Wildman–Crippen LogP) is 1.81. The van der Waals surface area contributed by atoms with Gasteiger partial charge in [0.2, 0.25) is 0 Å². The van der Waals surface area contributed by atoms with Gasteiger partial charge < -0.3 is 15.2 Å². The molecule has 1 unspecified atom stereocenters. The van der Waals surface area contributed by atoms with Crippen molar-refractivity contribution in [1.29, 1.82) is 0 Å². The van der Waals surface area contributed by atoms with Crippen LogP contribution in [0.2, 0.25) is 10.0 Å². The van der Waals surface area contributed by atoms with Gasteiger partial charge in [-0.25, -0.2) is 10.8 Å². The summed E-state index contributed by atoms with van der Waals surface area (Å²) in [5.74, 6) is 6.56. The number of nitrogens with one attached hydrogen (secondary N) is 1. The highest BCUT2D eigenvalue weighted by atomic mass is 35.5. The Hall–Kier alpha value is -0.750. The molecule has 1 saturated heterocycles. The van der Waals surface area contributed by atoms with Crippen LogP contribution in [0.25, 0.3) is 0 Å². The second-order valence-electron chi connectivity index (χ2n) is 4.62. The summed E-state index contributed by atoms with van der Waals surface area (Å²) >= 11 is 12.2. The van der Waals surface area contributed by atoms with Crippen LogP contribution in [0, 0.1) is 0 Å². The summed E-state index contributed by atoms with van der Waals surface area (Å²) in [5, 5.41) is 0.980. The SMILES string of the molecule is CN(C)C1CCN(c2nc(NN)c(Cl)cc2Cl)C1. The molecule has 3 N–H and O–H groups in total. The minimum atomic E-state index is 0.426. The van der Waals surface area contributed by atoms with Crippen LogP contribution in [0.3, 0.4) is 0 Å². The third kappa shape index (κ3) is 2.64. The van der Waals surface area contributed by atoms with Crippen LogP contribution in [0.15, 0.2) is 6.07 Å². The van der Waals surface area contributed by atoms with Gasteiger partial charge in [-0.15, -0.1) is 0 Å². The van der Waals surface area contributed by atoms with Crippen molar-refractivity contribution in [1.82, 2.24) is 9.88 Å². The average molecular weight is 290 g/mol. The number of anilines is 2. The summed E-state index contributed by atoms with van der Waals surface area (Å²) in [5.41, 5.74) is 2.48. The van der Waals surface area contributed by atoms with E-state index in [1.807, 2.05) is 0 Å². The van der Waals surface area contributed by atoms with E-state index < -0.39 is 0 Å². The molecule has 1 fully saturated rings. The van der Waals surface area contributed by atoms with Crippen molar-refractivity contribution in [3.05, 3.63) is 16.1 Å². The van der Waals surface area contributed by atoms with Crippen LogP contribution in [0.1, 0.15) is 6.42 Å². The van der Waals surface area contributed by atoms with Crippen LogP contribution in [-0.4, -0.2) is 43.1 Å². The molecule has 2 rings (SSSR count). The number of hydrogen-bond donors (Lipinski definition) is 2. The Labute approximate surface area is 117 Å². The number of hydrogen-bond acceptors (Lipinski definition) is 5. The highest BCUT2D eigenvalue weighted by Crippen LogP contribution is 2.33. The monoisotopic (exact) mass is 289 g/mol. The van der Waals surface area contributed by atoms with Gasteiger partial charge in [0, 0.05) is 19.1 Å². The Morgan fingerprint density at radius 3 is 2.72 bits per heavy atom. The van der Waals surface area contributed by atoms with Gasteiger partial charge >= 0.3 is 0 Å². The standard InChI is InChI=1S/C11H17Cl2N5/c1-17(2)7-3-4-18(6-7)11-9(13)5-8(12)10(15-11)16-14/h5,7H,3-4,6,14H2,1-2H3,(H,15,16). The summed E-state index contributed by atoms with van der Waals surface area (Å²) in [7, 11) is 4.16. The zero-order chi connectivity index (χ0) is 13.3. The van der Waals surface area contributed by atoms with Gasteiger partial charge in [-0.05, 0) is 26.6 Å². The molecule has 0 aliphatic carbocycles. The molecule has 0 bridgehead atoms. The van der Waals surface area contributed by atoms with Crippen molar-refractivity contribution >= 4 is 34.8 Å². The summed E-state index contributed by atoms with van der Waals surface area (Å²) < 4.78 is 0. The van der Waals surface area contributed by atoms with Crippen LogP contribution < -0.4 is 16.2 Å². The number of nitrogens with zero attached hydrogens (tertiary/aromatic N) is 3. The number of pyridine rings is 1. The van der Waals surface area contributed by atoms with Gasteiger partial charge in [-0.2, -0.15) is 0 Å². The lowest BCUT2D eigenvalue weighted by Gasteiger charge is -2.22. The first-order valence-corrected chi connectivity index (χ1v) is 6.52. The summed E-state index contributed by atoms with van der Waals surface area (Å²) in [6, 6.07) is 2.19. The average Bonchev–Trinajstić information content (AvgIpc) is 2.78. The molecule has 1 aliphatic rings. The molecule has 0 saturated carbocycles. The van der Waals surface area contributed by atoms with Gasteiger partial charge in [0.25, 0.3) is 0 Å². The molecular formula is C11H17Cl2N5. The number of likely N-dealkylation sites (N-methyl/N-ethyl adjacent to an activating group) is 1. The van der Waals surface area contributed by atoms with Crippen LogP contribution in [-0.2, 0) is 0 Å². The Kier molecular flexibility index (Phi) is 4.17. The van der Waals surface area contributed by atoms with E-state index in [1.54, 1.807) is 6.07 Å². The second-order valence-corrected chi connectivity index (χ2v) is 5.44. The van der Waals surface area contributed by atoms with E-state index >= 15 is 0 Å². The van der Waals surface area contributed by atoms with Gasteiger partial charge in [-0.3, -0.25) is 0 Å². The molecule has 1 aromatic rings. The lowest BCUT2D eigenvalue weighted by Crippen LogP contribution is -2.32. The Morgan fingerprint density at radius 2 is 2.17 bits per heavy atom. The molecule has 0 aromatic carbocycles. The number of halogens is 2. The molecule has 18 heavy (non-hydrogen) atoms. The first-order valence-electron chi connectivity index (χ1n) is 5.77. The van der Waals surface area contributed by atoms with Gasteiger partial charge in [0.15, 0.2) is 5.82 Å². The largest absolute Gasteiger partial charge is 0.354 e. The molecule has 1 aliphatic heterocycles. The van der Waals surface area contributed by atoms with Crippen molar-refractivity contribution in [2.75, 3.05) is 37.5 Å². The maximum Gasteiger partial charge on any atom is 0.161 e. The molecule has 5 nitrogen and oxygen atoms in total. The number of aromatic nitrogens is 1. The first-order chi connectivity index (χ1) is 8.52. The van der Waals surface area contributed by atoms with Crippen LogP contribution in [0.4, 0.5) is 11.6 Å². The van der Waals surface area contributed by atoms with E-state index in [2.05, 4.69) is 34.3 Å². The van der Waals surface area contributed by atoms with E-state index in [1.165, 1.54) is 0 Å².